The van der Waals surface area contributed by atoms with E-state index in [-0.39, 0.29) is 5.91 Å². The summed E-state index contributed by atoms with van der Waals surface area (Å²) in [6, 6.07) is 13.1. The summed E-state index contributed by atoms with van der Waals surface area (Å²) in [5.74, 6) is 0.353. The average Bonchev–Trinajstić information content (AvgIpc) is 2.52. The number of benzene rings is 2. The number of hydrogen-bond acceptors (Lipinski definition) is 3. The van der Waals surface area contributed by atoms with E-state index in [4.69, 9.17) is 22.1 Å². The van der Waals surface area contributed by atoms with Gasteiger partial charge in [0.05, 0.1) is 5.02 Å². The van der Waals surface area contributed by atoms with Crippen LogP contribution in [0.4, 0.5) is 5.69 Å². The Morgan fingerprint density at radius 2 is 1.96 bits per heavy atom. The molecule has 0 aliphatic heterocycles. The molecule has 3 N–H and O–H groups in total. The van der Waals surface area contributed by atoms with Crippen molar-refractivity contribution in [3.63, 3.8) is 0 Å². The number of carbonyl (C=O) groups excluding carboxylic acids is 1. The van der Waals surface area contributed by atoms with E-state index >= 15 is 0 Å². The molecule has 0 fully saturated rings. The first-order chi connectivity index (χ1) is 11.0. The maximum absolute atomic E-state index is 12.1. The number of hydrogen-bond donors (Lipinski definition) is 2. The van der Waals surface area contributed by atoms with Crippen molar-refractivity contribution in [1.29, 1.82) is 0 Å². The molecule has 0 radical (unpaired) electrons. The van der Waals surface area contributed by atoms with E-state index in [1.54, 1.807) is 13.0 Å². The molecule has 2 aromatic rings. The Labute approximate surface area is 141 Å². The molecule has 2 aromatic carbocycles. The lowest BCUT2D eigenvalue weighted by molar-refractivity contribution is -0.127. The number of nitrogen functional groups attached to an aromatic ring is 1. The van der Waals surface area contributed by atoms with Crippen LogP contribution in [0.1, 0.15) is 18.1 Å². The summed E-state index contributed by atoms with van der Waals surface area (Å²) in [7, 11) is 0. The van der Waals surface area contributed by atoms with Crippen LogP contribution >= 0.6 is 11.6 Å². The molecule has 1 unspecified atom stereocenters. The molecule has 0 aromatic heterocycles. The van der Waals surface area contributed by atoms with Crippen molar-refractivity contribution in [2.45, 2.75) is 26.4 Å². The van der Waals surface area contributed by atoms with E-state index in [1.165, 1.54) is 0 Å². The van der Waals surface area contributed by atoms with Gasteiger partial charge >= 0.3 is 0 Å². The molecular formula is C18H21ClN2O2. The van der Waals surface area contributed by atoms with E-state index in [0.29, 0.717) is 17.3 Å². The number of amides is 1. The molecule has 4 nitrogen and oxygen atoms in total. The summed E-state index contributed by atoms with van der Waals surface area (Å²) in [6.45, 7) is 4.19. The SMILES string of the molecule is Cc1ccc(Cl)c(OC(C)C(=O)NCCc2ccc(N)cc2)c1. The fraction of sp³-hybridized carbons (Fsp3) is 0.278. The van der Waals surface area contributed by atoms with E-state index in [2.05, 4.69) is 5.32 Å². The number of rotatable bonds is 6. The topological polar surface area (TPSA) is 64.3 Å². The molecule has 1 amide bonds. The Balaban J connectivity index is 1.83. The van der Waals surface area contributed by atoms with Gasteiger partial charge in [-0.3, -0.25) is 4.79 Å². The minimum Gasteiger partial charge on any atom is -0.479 e. The highest BCUT2D eigenvalue weighted by molar-refractivity contribution is 6.32. The minimum absolute atomic E-state index is 0.169. The van der Waals surface area contributed by atoms with Gasteiger partial charge < -0.3 is 15.8 Å². The van der Waals surface area contributed by atoms with E-state index in [1.807, 2.05) is 43.3 Å². The molecule has 0 heterocycles. The lowest BCUT2D eigenvalue weighted by atomic mass is 10.1. The molecule has 122 valence electrons. The van der Waals surface area contributed by atoms with Crippen LogP contribution in [0.5, 0.6) is 5.75 Å². The predicted molar refractivity (Wildman–Crippen MR) is 93.8 cm³/mol. The van der Waals surface area contributed by atoms with Crippen molar-refractivity contribution >= 4 is 23.2 Å². The first kappa shape index (κ1) is 17.2. The molecule has 0 saturated carbocycles. The standard InChI is InChI=1S/C18H21ClN2O2/c1-12-3-8-16(19)17(11-12)23-13(2)18(22)21-10-9-14-4-6-15(20)7-5-14/h3-8,11,13H,9-10,20H2,1-2H3,(H,21,22). The van der Waals surface area contributed by atoms with Crippen molar-refractivity contribution in [2.75, 3.05) is 12.3 Å². The van der Waals surface area contributed by atoms with Crippen LogP contribution in [-0.4, -0.2) is 18.6 Å². The fourth-order valence-electron chi connectivity index (χ4n) is 2.10. The van der Waals surface area contributed by atoms with Gasteiger partial charge in [0.2, 0.25) is 0 Å². The molecular weight excluding hydrogens is 312 g/mol. The minimum atomic E-state index is -0.610. The highest BCUT2D eigenvalue weighted by Gasteiger charge is 2.15. The molecule has 0 saturated heterocycles. The number of nitrogens with two attached hydrogens (primary N) is 1. The zero-order chi connectivity index (χ0) is 16.8. The first-order valence-corrected chi connectivity index (χ1v) is 7.88. The van der Waals surface area contributed by atoms with Gasteiger partial charge in [0.25, 0.3) is 5.91 Å². The maximum Gasteiger partial charge on any atom is 0.260 e. The smallest absolute Gasteiger partial charge is 0.260 e. The number of halogens is 1. The summed E-state index contributed by atoms with van der Waals surface area (Å²) in [5, 5.41) is 3.36. The van der Waals surface area contributed by atoms with Crippen LogP contribution in [0.3, 0.4) is 0 Å². The van der Waals surface area contributed by atoms with Crippen LogP contribution in [0.15, 0.2) is 42.5 Å². The monoisotopic (exact) mass is 332 g/mol. The van der Waals surface area contributed by atoms with Gasteiger partial charge in [-0.15, -0.1) is 0 Å². The van der Waals surface area contributed by atoms with E-state index in [0.717, 1.165) is 23.2 Å². The average molecular weight is 333 g/mol. The van der Waals surface area contributed by atoms with Crippen LogP contribution in [-0.2, 0) is 11.2 Å². The summed E-state index contributed by atoms with van der Waals surface area (Å²) in [5.41, 5.74) is 8.52. The van der Waals surface area contributed by atoms with Crippen LogP contribution in [0, 0.1) is 6.92 Å². The third kappa shape index (κ3) is 5.18. The zero-order valence-corrected chi connectivity index (χ0v) is 14.1. The third-order valence-electron chi connectivity index (χ3n) is 3.45. The Bertz CT molecular complexity index is 671. The summed E-state index contributed by atoms with van der Waals surface area (Å²) >= 11 is 6.08. The Morgan fingerprint density at radius 3 is 2.65 bits per heavy atom. The van der Waals surface area contributed by atoms with Gasteiger partial charge in [0.15, 0.2) is 6.10 Å². The molecule has 0 bridgehead atoms. The first-order valence-electron chi connectivity index (χ1n) is 7.50. The predicted octanol–water partition coefficient (Wildman–Crippen LogP) is 3.36. The quantitative estimate of drug-likeness (QED) is 0.797. The number of ether oxygens (including phenoxy) is 1. The van der Waals surface area contributed by atoms with Crippen molar-refractivity contribution in [3.05, 3.63) is 58.6 Å². The lowest BCUT2D eigenvalue weighted by Crippen LogP contribution is -2.37. The van der Waals surface area contributed by atoms with Gasteiger partial charge in [-0.05, 0) is 55.7 Å². The van der Waals surface area contributed by atoms with Crippen molar-refractivity contribution in [2.24, 2.45) is 0 Å². The van der Waals surface area contributed by atoms with Gasteiger partial charge in [-0.1, -0.05) is 29.8 Å². The van der Waals surface area contributed by atoms with Gasteiger partial charge in [0, 0.05) is 12.2 Å². The molecule has 0 aliphatic rings. The molecule has 2 rings (SSSR count). The summed E-state index contributed by atoms with van der Waals surface area (Å²) in [4.78, 5) is 12.1. The second-order valence-corrected chi connectivity index (χ2v) is 5.88. The highest BCUT2D eigenvalue weighted by Crippen LogP contribution is 2.26. The highest BCUT2D eigenvalue weighted by atomic mass is 35.5. The van der Waals surface area contributed by atoms with Gasteiger partial charge in [-0.25, -0.2) is 0 Å². The van der Waals surface area contributed by atoms with E-state index in [9.17, 15) is 4.79 Å². The number of anilines is 1. The normalized spacial score (nSPS) is 11.8. The van der Waals surface area contributed by atoms with Crippen LogP contribution in [0.2, 0.25) is 5.02 Å². The van der Waals surface area contributed by atoms with Crippen molar-refractivity contribution in [1.82, 2.24) is 5.32 Å². The molecule has 1 atom stereocenters. The Hall–Kier alpha value is -2.20. The van der Waals surface area contributed by atoms with Gasteiger partial charge in [-0.2, -0.15) is 0 Å². The van der Waals surface area contributed by atoms with Gasteiger partial charge in [0.1, 0.15) is 5.75 Å². The maximum atomic E-state index is 12.1. The molecule has 23 heavy (non-hydrogen) atoms. The third-order valence-corrected chi connectivity index (χ3v) is 3.76. The Kier molecular flexibility index (Phi) is 5.88. The lowest BCUT2D eigenvalue weighted by Gasteiger charge is -2.16. The van der Waals surface area contributed by atoms with E-state index < -0.39 is 6.10 Å². The van der Waals surface area contributed by atoms with Crippen molar-refractivity contribution in [3.8, 4) is 5.75 Å². The molecule has 0 aliphatic carbocycles. The second kappa shape index (κ2) is 7.88. The summed E-state index contributed by atoms with van der Waals surface area (Å²) in [6.07, 6.45) is 0.130. The largest absolute Gasteiger partial charge is 0.479 e. The molecule has 0 spiro atoms. The number of nitrogens with one attached hydrogen (secondary N) is 1. The van der Waals surface area contributed by atoms with Crippen molar-refractivity contribution < 1.29 is 9.53 Å². The zero-order valence-electron chi connectivity index (χ0n) is 13.3. The number of aryl methyl sites for hydroxylation is 1. The second-order valence-electron chi connectivity index (χ2n) is 5.48. The van der Waals surface area contributed by atoms with Crippen LogP contribution < -0.4 is 15.8 Å². The summed E-state index contributed by atoms with van der Waals surface area (Å²) < 4.78 is 5.65. The Morgan fingerprint density at radius 1 is 1.26 bits per heavy atom. The molecule has 5 heteroatoms. The number of carbonyl (C=O) groups is 1. The fourth-order valence-corrected chi connectivity index (χ4v) is 2.27. The van der Waals surface area contributed by atoms with Crippen LogP contribution in [0.25, 0.3) is 0 Å².